The SMILES string of the molecule is Cc1ccc(S(=O)(=O)N(C)C)cc1NC(=O)CNC(C)c1cccc(C(F)(F)F)c1. The van der Waals surface area contributed by atoms with Gasteiger partial charge in [0.25, 0.3) is 0 Å². The van der Waals surface area contributed by atoms with E-state index in [-0.39, 0.29) is 11.4 Å². The molecule has 0 spiro atoms. The third-order valence-corrected chi connectivity index (χ3v) is 6.36. The van der Waals surface area contributed by atoms with Gasteiger partial charge < -0.3 is 10.6 Å². The zero-order valence-corrected chi connectivity index (χ0v) is 17.9. The number of hydrogen-bond acceptors (Lipinski definition) is 4. The highest BCUT2D eigenvalue weighted by Gasteiger charge is 2.30. The van der Waals surface area contributed by atoms with Crippen LogP contribution in [-0.4, -0.2) is 39.3 Å². The molecular formula is C20H24F3N3O3S. The molecule has 164 valence electrons. The fourth-order valence-corrected chi connectivity index (χ4v) is 3.58. The number of nitrogens with zero attached hydrogens (tertiary/aromatic N) is 1. The summed E-state index contributed by atoms with van der Waals surface area (Å²) in [6.45, 7) is 3.21. The zero-order valence-electron chi connectivity index (χ0n) is 17.0. The van der Waals surface area contributed by atoms with Crippen molar-refractivity contribution in [1.82, 2.24) is 9.62 Å². The Hall–Kier alpha value is -2.43. The van der Waals surface area contributed by atoms with Crippen LogP contribution in [0.3, 0.4) is 0 Å². The van der Waals surface area contributed by atoms with Gasteiger partial charge in [-0.15, -0.1) is 0 Å². The summed E-state index contributed by atoms with van der Waals surface area (Å²) in [5, 5.41) is 5.51. The highest BCUT2D eigenvalue weighted by Crippen LogP contribution is 2.30. The van der Waals surface area contributed by atoms with E-state index >= 15 is 0 Å². The maximum Gasteiger partial charge on any atom is 0.416 e. The first-order valence-corrected chi connectivity index (χ1v) is 10.5. The molecule has 10 heteroatoms. The van der Waals surface area contributed by atoms with Crippen LogP contribution in [0.4, 0.5) is 18.9 Å². The van der Waals surface area contributed by atoms with Crippen LogP contribution in [0.5, 0.6) is 0 Å². The monoisotopic (exact) mass is 443 g/mol. The molecule has 0 heterocycles. The molecule has 2 aromatic carbocycles. The predicted molar refractivity (Wildman–Crippen MR) is 109 cm³/mol. The van der Waals surface area contributed by atoms with E-state index in [1.54, 1.807) is 26.0 Å². The lowest BCUT2D eigenvalue weighted by Gasteiger charge is -2.17. The number of carbonyl (C=O) groups excluding carboxylic acids is 1. The normalized spacial score (nSPS) is 13.3. The molecule has 0 aliphatic carbocycles. The molecule has 2 N–H and O–H groups in total. The highest BCUT2D eigenvalue weighted by atomic mass is 32.2. The van der Waals surface area contributed by atoms with Crippen molar-refractivity contribution >= 4 is 21.6 Å². The number of rotatable bonds is 7. The summed E-state index contributed by atoms with van der Waals surface area (Å²) < 4.78 is 64.2. The quantitative estimate of drug-likeness (QED) is 0.686. The summed E-state index contributed by atoms with van der Waals surface area (Å²) in [6.07, 6.45) is -4.44. The average molecular weight is 443 g/mol. The van der Waals surface area contributed by atoms with Gasteiger partial charge in [-0.05, 0) is 49.2 Å². The van der Waals surface area contributed by atoms with Gasteiger partial charge in [0.1, 0.15) is 0 Å². The van der Waals surface area contributed by atoms with Crippen LogP contribution >= 0.6 is 0 Å². The largest absolute Gasteiger partial charge is 0.416 e. The van der Waals surface area contributed by atoms with Crippen molar-refractivity contribution < 1.29 is 26.4 Å². The molecule has 2 rings (SSSR count). The Kier molecular flexibility index (Phi) is 7.27. The second-order valence-electron chi connectivity index (χ2n) is 7.04. The van der Waals surface area contributed by atoms with E-state index in [2.05, 4.69) is 10.6 Å². The highest BCUT2D eigenvalue weighted by molar-refractivity contribution is 7.89. The fourth-order valence-electron chi connectivity index (χ4n) is 2.65. The number of sulfonamides is 1. The maximum absolute atomic E-state index is 12.9. The molecule has 1 amide bonds. The molecule has 0 saturated heterocycles. The van der Waals surface area contributed by atoms with Crippen LogP contribution in [0, 0.1) is 6.92 Å². The number of aryl methyl sites for hydroxylation is 1. The topological polar surface area (TPSA) is 78.5 Å². The molecule has 0 radical (unpaired) electrons. The van der Waals surface area contributed by atoms with E-state index < -0.39 is 33.7 Å². The molecule has 0 bridgehead atoms. The Bertz CT molecular complexity index is 1020. The van der Waals surface area contributed by atoms with Crippen molar-refractivity contribution in [3.05, 3.63) is 59.2 Å². The molecule has 0 aliphatic heterocycles. The van der Waals surface area contributed by atoms with E-state index in [0.717, 1.165) is 16.4 Å². The summed E-state index contributed by atoms with van der Waals surface area (Å²) in [5.41, 5.74) is 0.656. The van der Waals surface area contributed by atoms with Crippen molar-refractivity contribution in [2.75, 3.05) is 26.0 Å². The van der Waals surface area contributed by atoms with Crippen LogP contribution in [0.2, 0.25) is 0 Å². The Morgan fingerprint density at radius 1 is 1.13 bits per heavy atom. The minimum absolute atomic E-state index is 0.0405. The summed E-state index contributed by atoms with van der Waals surface area (Å²) >= 11 is 0. The molecular weight excluding hydrogens is 419 g/mol. The smallest absolute Gasteiger partial charge is 0.325 e. The number of amides is 1. The van der Waals surface area contributed by atoms with Crippen molar-refractivity contribution in [3.8, 4) is 0 Å². The van der Waals surface area contributed by atoms with Gasteiger partial charge in [-0.2, -0.15) is 13.2 Å². The summed E-state index contributed by atoms with van der Waals surface area (Å²) in [5.74, 6) is -0.448. The van der Waals surface area contributed by atoms with Gasteiger partial charge in [-0.1, -0.05) is 18.2 Å². The first-order valence-electron chi connectivity index (χ1n) is 9.06. The number of halogens is 3. The fraction of sp³-hybridized carbons (Fsp3) is 0.350. The van der Waals surface area contributed by atoms with Gasteiger partial charge in [0.05, 0.1) is 17.0 Å². The van der Waals surface area contributed by atoms with E-state index in [1.807, 2.05) is 0 Å². The van der Waals surface area contributed by atoms with E-state index in [9.17, 15) is 26.4 Å². The predicted octanol–water partition coefficient (Wildman–Crippen LogP) is 3.55. The van der Waals surface area contributed by atoms with Gasteiger partial charge in [0.15, 0.2) is 0 Å². The van der Waals surface area contributed by atoms with Crippen LogP contribution in [-0.2, 0) is 21.0 Å². The third kappa shape index (κ3) is 5.80. The number of hydrogen-bond donors (Lipinski definition) is 2. The standard InChI is InChI=1S/C20H24F3N3O3S/c1-13-8-9-17(30(28,29)26(3)4)11-18(13)25-19(27)12-24-14(2)15-6-5-7-16(10-15)20(21,22)23/h5-11,14,24H,12H2,1-4H3,(H,25,27). The van der Waals surface area contributed by atoms with Crippen LogP contribution < -0.4 is 10.6 Å². The van der Waals surface area contributed by atoms with Gasteiger partial charge >= 0.3 is 6.18 Å². The molecule has 6 nitrogen and oxygen atoms in total. The minimum atomic E-state index is -4.44. The third-order valence-electron chi connectivity index (χ3n) is 4.54. The lowest BCUT2D eigenvalue weighted by molar-refractivity contribution is -0.137. The van der Waals surface area contributed by atoms with Crippen molar-refractivity contribution in [1.29, 1.82) is 0 Å². The Labute approximate surface area is 174 Å². The number of anilines is 1. The average Bonchev–Trinajstić information content (AvgIpc) is 2.67. The lowest BCUT2D eigenvalue weighted by Crippen LogP contribution is -2.30. The minimum Gasteiger partial charge on any atom is -0.325 e. The summed E-state index contributed by atoms with van der Waals surface area (Å²) in [6, 6.07) is 8.80. The first-order chi connectivity index (χ1) is 13.8. The van der Waals surface area contributed by atoms with Crippen LogP contribution in [0.25, 0.3) is 0 Å². The lowest BCUT2D eigenvalue weighted by atomic mass is 10.0. The molecule has 1 unspecified atom stereocenters. The van der Waals surface area contributed by atoms with Crippen LogP contribution in [0.15, 0.2) is 47.4 Å². The van der Waals surface area contributed by atoms with Crippen molar-refractivity contribution in [2.45, 2.75) is 31.0 Å². The van der Waals surface area contributed by atoms with Gasteiger partial charge in [0, 0.05) is 25.8 Å². The molecule has 0 aromatic heterocycles. The van der Waals surface area contributed by atoms with Crippen molar-refractivity contribution in [3.63, 3.8) is 0 Å². The Morgan fingerprint density at radius 2 is 1.80 bits per heavy atom. The number of nitrogens with one attached hydrogen (secondary N) is 2. The zero-order chi connectivity index (χ0) is 22.7. The van der Waals surface area contributed by atoms with E-state index in [1.165, 1.54) is 32.3 Å². The maximum atomic E-state index is 12.9. The number of benzene rings is 2. The van der Waals surface area contributed by atoms with E-state index in [0.29, 0.717) is 16.8 Å². The second-order valence-corrected chi connectivity index (χ2v) is 9.19. The van der Waals surface area contributed by atoms with Crippen LogP contribution in [0.1, 0.15) is 29.7 Å². The summed E-state index contributed by atoms with van der Waals surface area (Å²) in [7, 11) is -0.837. The molecule has 30 heavy (non-hydrogen) atoms. The van der Waals surface area contributed by atoms with Gasteiger partial charge in [-0.25, -0.2) is 12.7 Å². The molecule has 2 aromatic rings. The number of alkyl halides is 3. The first kappa shape index (κ1) is 23.8. The molecule has 0 aliphatic rings. The molecule has 1 atom stereocenters. The number of carbonyl (C=O) groups is 1. The van der Waals surface area contributed by atoms with Gasteiger partial charge in [-0.3, -0.25) is 4.79 Å². The van der Waals surface area contributed by atoms with Crippen molar-refractivity contribution in [2.24, 2.45) is 0 Å². The second kappa shape index (κ2) is 9.15. The van der Waals surface area contributed by atoms with E-state index in [4.69, 9.17) is 0 Å². The Balaban J connectivity index is 2.06. The molecule has 0 saturated carbocycles. The van der Waals surface area contributed by atoms with Gasteiger partial charge in [0.2, 0.25) is 15.9 Å². The Morgan fingerprint density at radius 3 is 2.40 bits per heavy atom. The molecule has 0 fully saturated rings. The summed E-state index contributed by atoms with van der Waals surface area (Å²) in [4.78, 5) is 12.3.